The minimum atomic E-state index is -0.270. The van der Waals surface area contributed by atoms with Crippen LogP contribution in [0, 0.1) is 0 Å². The molecule has 1 aliphatic rings. The number of hydrogen-bond donors (Lipinski definition) is 1. The van der Waals surface area contributed by atoms with Crippen molar-refractivity contribution in [3.63, 3.8) is 0 Å². The fraction of sp³-hybridized carbons (Fsp3) is 0.267. The molecule has 1 aromatic carbocycles. The molecule has 1 aromatic heterocycles. The third-order valence-electron chi connectivity index (χ3n) is 2.99. The van der Waals surface area contributed by atoms with Crippen LogP contribution in [0.5, 0.6) is 5.88 Å². The number of anilines is 1. The molecular formula is C15H16N4OS. The maximum atomic E-state index is 5.94. The minimum Gasteiger partial charge on any atom is -0.448 e. The molecule has 0 aliphatic carbocycles. The van der Waals surface area contributed by atoms with Gasteiger partial charge in [-0.3, -0.25) is 0 Å². The van der Waals surface area contributed by atoms with E-state index in [2.05, 4.69) is 27.4 Å². The topological polar surface area (TPSA) is 59.9 Å². The average molecular weight is 300 g/mol. The number of thioether (sulfide) groups is 1. The van der Waals surface area contributed by atoms with Crippen LogP contribution < -0.4 is 10.1 Å². The van der Waals surface area contributed by atoms with Crippen LogP contribution in [0.2, 0.25) is 0 Å². The van der Waals surface area contributed by atoms with Crippen LogP contribution in [0.25, 0.3) is 11.3 Å². The highest BCUT2D eigenvalue weighted by molar-refractivity contribution is 7.99. The van der Waals surface area contributed by atoms with Gasteiger partial charge in [0.05, 0.1) is 0 Å². The van der Waals surface area contributed by atoms with Gasteiger partial charge in [0.2, 0.25) is 11.0 Å². The Bertz CT molecular complexity index is 674. The number of allylic oxidation sites excluding steroid dienone is 1. The molecule has 0 fully saturated rings. The molecule has 1 N–H and O–H groups in total. The van der Waals surface area contributed by atoms with Gasteiger partial charge in [-0.15, -0.1) is 10.2 Å². The second kappa shape index (κ2) is 6.13. The number of aromatic nitrogens is 3. The summed E-state index contributed by atoms with van der Waals surface area (Å²) in [4.78, 5) is 4.49. The number of ether oxygens (including phenoxy) is 1. The first-order valence-electron chi connectivity index (χ1n) is 6.84. The van der Waals surface area contributed by atoms with Gasteiger partial charge in [0.1, 0.15) is 0 Å². The smallest absolute Gasteiger partial charge is 0.247 e. The summed E-state index contributed by atoms with van der Waals surface area (Å²) in [5.74, 6) is 1.41. The normalized spacial score (nSPS) is 16.6. The lowest BCUT2D eigenvalue weighted by molar-refractivity contribution is 0.265. The molecule has 21 heavy (non-hydrogen) atoms. The molecule has 108 valence electrons. The highest BCUT2D eigenvalue weighted by atomic mass is 32.2. The zero-order chi connectivity index (χ0) is 14.7. The van der Waals surface area contributed by atoms with Gasteiger partial charge in [0.25, 0.3) is 0 Å². The number of rotatable bonds is 3. The van der Waals surface area contributed by atoms with Crippen molar-refractivity contribution in [1.82, 2.24) is 15.2 Å². The number of para-hydroxylation sites is 1. The summed E-state index contributed by atoms with van der Waals surface area (Å²) in [5, 5.41) is 12.5. The van der Waals surface area contributed by atoms with Gasteiger partial charge in [-0.05, 0) is 24.8 Å². The van der Waals surface area contributed by atoms with E-state index in [1.165, 1.54) is 0 Å². The van der Waals surface area contributed by atoms with Gasteiger partial charge in [0, 0.05) is 11.3 Å². The summed E-state index contributed by atoms with van der Waals surface area (Å²) in [6.45, 7) is 4.01. The van der Waals surface area contributed by atoms with Crippen molar-refractivity contribution in [3.05, 3.63) is 36.4 Å². The van der Waals surface area contributed by atoms with E-state index >= 15 is 0 Å². The molecule has 0 spiro atoms. The van der Waals surface area contributed by atoms with E-state index < -0.39 is 0 Å². The minimum absolute atomic E-state index is 0.270. The van der Waals surface area contributed by atoms with Gasteiger partial charge in [-0.1, -0.05) is 43.0 Å². The Morgan fingerprint density at radius 3 is 3.00 bits per heavy atom. The van der Waals surface area contributed by atoms with Crippen LogP contribution >= 0.6 is 11.8 Å². The van der Waals surface area contributed by atoms with Gasteiger partial charge in [0.15, 0.2) is 11.9 Å². The van der Waals surface area contributed by atoms with Crippen LogP contribution in [0.1, 0.15) is 13.8 Å². The first-order chi connectivity index (χ1) is 10.3. The zero-order valence-corrected chi connectivity index (χ0v) is 12.7. The Labute approximate surface area is 127 Å². The zero-order valence-electron chi connectivity index (χ0n) is 11.9. The van der Waals surface area contributed by atoms with Crippen LogP contribution in [-0.4, -0.2) is 27.2 Å². The van der Waals surface area contributed by atoms with Crippen molar-refractivity contribution in [1.29, 1.82) is 0 Å². The molecule has 0 saturated heterocycles. The molecule has 1 atom stereocenters. The molecule has 6 heteroatoms. The summed E-state index contributed by atoms with van der Waals surface area (Å²) in [7, 11) is 0. The molecule has 2 aromatic rings. The van der Waals surface area contributed by atoms with Crippen molar-refractivity contribution in [2.45, 2.75) is 25.2 Å². The third kappa shape index (κ3) is 2.85. The first-order valence-corrected chi connectivity index (χ1v) is 7.83. The SMILES string of the molecule is C/C=C/C1Nc2ccccc2-c2nnc(SCC)nc2O1. The van der Waals surface area contributed by atoms with Gasteiger partial charge >= 0.3 is 0 Å². The van der Waals surface area contributed by atoms with E-state index in [0.717, 1.165) is 17.0 Å². The Morgan fingerprint density at radius 2 is 2.19 bits per heavy atom. The summed E-state index contributed by atoms with van der Waals surface area (Å²) < 4.78 is 5.94. The lowest BCUT2D eigenvalue weighted by Crippen LogP contribution is -2.23. The molecular weight excluding hydrogens is 284 g/mol. The Hall–Kier alpha value is -2.08. The van der Waals surface area contributed by atoms with Gasteiger partial charge in [-0.2, -0.15) is 4.98 Å². The lowest BCUT2D eigenvalue weighted by Gasteiger charge is -2.14. The molecule has 0 saturated carbocycles. The largest absolute Gasteiger partial charge is 0.448 e. The number of fused-ring (bicyclic) bond motifs is 3. The van der Waals surface area contributed by atoms with Crippen molar-refractivity contribution < 1.29 is 4.74 Å². The molecule has 1 aliphatic heterocycles. The molecule has 0 amide bonds. The molecule has 0 radical (unpaired) electrons. The maximum absolute atomic E-state index is 5.94. The van der Waals surface area contributed by atoms with E-state index in [1.54, 1.807) is 11.8 Å². The molecule has 2 heterocycles. The number of benzene rings is 1. The Morgan fingerprint density at radius 1 is 1.33 bits per heavy atom. The van der Waals surface area contributed by atoms with Crippen LogP contribution in [0.15, 0.2) is 41.6 Å². The van der Waals surface area contributed by atoms with Crippen molar-refractivity contribution in [3.8, 4) is 17.1 Å². The van der Waals surface area contributed by atoms with E-state index in [9.17, 15) is 0 Å². The standard InChI is InChI=1S/C15H16N4OS/c1-3-7-12-16-11-9-6-5-8-10(11)13-14(20-12)17-15(19-18-13)21-4-2/h3,5-9,12,16H,4H2,1-2H3/b7-3+. The lowest BCUT2D eigenvalue weighted by atomic mass is 10.1. The van der Waals surface area contributed by atoms with Crippen molar-refractivity contribution in [2.24, 2.45) is 0 Å². The second-order valence-electron chi connectivity index (χ2n) is 4.44. The molecule has 1 unspecified atom stereocenters. The van der Waals surface area contributed by atoms with E-state index in [0.29, 0.717) is 16.7 Å². The predicted octanol–water partition coefficient (Wildman–Crippen LogP) is 3.36. The number of nitrogens with one attached hydrogen (secondary N) is 1. The highest BCUT2D eigenvalue weighted by Crippen LogP contribution is 2.36. The summed E-state index contributed by atoms with van der Waals surface area (Å²) in [6, 6.07) is 7.94. The van der Waals surface area contributed by atoms with E-state index in [1.807, 2.05) is 43.3 Å². The third-order valence-corrected chi connectivity index (χ3v) is 3.71. The predicted molar refractivity (Wildman–Crippen MR) is 84.5 cm³/mol. The first kappa shape index (κ1) is 13.9. The fourth-order valence-electron chi connectivity index (χ4n) is 2.12. The summed E-state index contributed by atoms with van der Waals surface area (Å²) in [6.07, 6.45) is 3.62. The molecule has 3 rings (SSSR count). The molecule has 5 nitrogen and oxygen atoms in total. The summed E-state index contributed by atoms with van der Waals surface area (Å²) in [5.41, 5.74) is 2.59. The Balaban J connectivity index is 2.11. The van der Waals surface area contributed by atoms with Gasteiger partial charge in [-0.25, -0.2) is 0 Å². The van der Waals surface area contributed by atoms with E-state index in [4.69, 9.17) is 4.74 Å². The van der Waals surface area contributed by atoms with Crippen LogP contribution in [0.3, 0.4) is 0 Å². The van der Waals surface area contributed by atoms with E-state index in [-0.39, 0.29) is 6.23 Å². The highest BCUT2D eigenvalue weighted by Gasteiger charge is 2.23. The second-order valence-corrected chi connectivity index (χ2v) is 5.67. The summed E-state index contributed by atoms with van der Waals surface area (Å²) >= 11 is 1.55. The van der Waals surface area contributed by atoms with Crippen molar-refractivity contribution >= 4 is 17.4 Å². The molecule has 0 bridgehead atoms. The quantitative estimate of drug-likeness (QED) is 0.693. The van der Waals surface area contributed by atoms with Gasteiger partial charge < -0.3 is 10.1 Å². The number of hydrogen-bond acceptors (Lipinski definition) is 6. The maximum Gasteiger partial charge on any atom is 0.247 e. The monoisotopic (exact) mass is 300 g/mol. The van der Waals surface area contributed by atoms with Crippen LogP contribution in [0.4, 0.5) is 5.69 Å². The Kier molecular flexibility index (Phi) is 4.06. The average Bonchev–Trinajstić information content (AvgIpc) is 2.64. The van der Waals surface area contributed by atoms with Crippen LogP contribution in [-0.2, 0) is 0 Å². The van der Waals surface area contributed by atoms with Crippen molar-refractivity contribution in [2.75, 3.05) is 11.1 Å². The fourth-order valence-corrected chi connectivity index (χ4v) is 2.62. The number of nitrogens with zero attached hydrogens (tertiary/aromatic N) is 3.